The molecule has 0 spiro atoms. The molecule has 0 aromatic heterocycles. The van der Waals surface area contributed by atoms with Crippen LogP contribution in [-0.2, 0) is 9.53 Å². The number of alkyl halides is 2. The van der Waals surface area contributed by atoms with Crippen LogP contribution in [0, 0.1) is 10.8 Å². The lowest BCUT2D eigenvalue weighted by molar-refractivity contribution is -0.195. The summed E-state index contributed by atoms with van der Waals surface area (Å²) in [4.78, 5) is 11.6. The summed E-state index contributed by atoms with van der Waals surface area (Å²) in [6.45, 7) is 7.11. The molecule has 0 atom stereocenters. The first-order chi connectivity index (χ1) is 6.69. The molecule has 0 unspecified atom stereocenters. The standard InChI is InChI=1S/C11H18F2O2/c1-7(2)15-9(14)11(8(12)13)5-10(3,4)6-11/h7-8H,5-6H2,1-4H3. The molecule has 1 saturated carbocycles. The summed E-state index contributed by atoms with van der Waals surface area (Å²) in [5.41, 5.74) is -1.72. The first-order valence-electron chi connectivity index (χ1n) is 5.19. The van der Waals surface area contributed by atoms with E-state index < -0.39 is 17.8 Å². The maximum atomic E-state index is 12.9. The molecule has 1 aliphatic rings. The van der Waals surface area contributed by atoms with Crippen LogP contribution >= 0.6 is 0 Å². The first kappa shape index (κ1) is 12.4. The summed E-state index contributed by atoms with van der Waals surface area (Å²) in [6.07, 6.45) is -2.54. The molecule has 0 bridgehead atoms. The normalized spacial score (nSPS) is 22.7. The molecule has 88 valence electrons. The van der Waals surface area contributed by atoms with Gasteiger partial charge < -0.3 is 4.74 Å². The highest BCUT2D eigenvalue weighted by Crippen LogP contribution is 2.57. The minimum atomic E-state index is -2.63. The molecule has 2 nitrogen and oxygen atoms in total. The van der Waals surface area contributed by atoms with Crippen LogP contribution < -0.4 is 0 Å². The smallest absolute Gasteiger partial charge is 0.318 e. The van der Waals surface area contributed by atoms with Gasteiger partial charge in [0.1, 0.15) is 5.41 Å². The van der Waals surface area contributed by atoms with Gasteiger partial charge in [0.25, 0.3) is 6.43 Å². The Hall–Kier alpha value is -0.670. The fraction of sp³-hybridized carbons (Fsp3) is 0.909. The zero-order chi connectivity index (χ0) is 11.9. The first-order valence-corrected chi connectivity index (χ1v) is 5.19. The lowest BCUT2D eigenvalue weighted by Crippen LogP contribution is -2.54. The monoisotopic (exact) mass is 220 g/mol. The van der Waals surface area contributed by atoms with Crippen LogP contribution in [0.2, 0.25) is 0 Å². The van der Waals surface area contributed by atoms with Gasteiger partial charge in [-0.1, -0.05) is 13.8 Å². The predicted molar refractivity (Wildman–Crippen MR) is 52.7 cm³/mol. The summed E-state index contributed by atoms with van der Waals surface area (Å²) in [7, 11) is 0. The van der Waals surface area contributed by atoms with E-state index in [-0.39, 0.29) is 24.4 Å². The molecule has 0 amide bonds. The van der Waals surface area contributed by atoms with E-state index >= 15 is 0 Å². The molecular formula is C11H18F2O2. The minimum absolute atomic E-state index is 0.174. The van der Waals surface area contributed by atoms with Gasteiger partial charge in [-0.3, -0.25) is 4.79 Å². The number of esters is 1. The zero-order valence-corrected chi connectivity index (χ0v) is 9.64. The number of hydrogen-bond donors (Lipinski definition) is 0. The van der Waals surface area contributed by atoms with Gasteiger partial charge in [0.2, 0.25) is 0 Å². The second-order valence-electron chi connectivity index (χ2n) is 5.43. The Morgan fingerprint density at radius 3 is 2.00 bits per heavy atom. The number of carbonyl (C=O) groups excluding carboxylic acids is 1. The lowest BCUT2D eigenvalue weighted by Gasteiger charge is -2.50. The van der Waals surface area contributed by atoms with Crippen LogP contribution in [0.3, 0.4) is 0 Å². The van der Waals surface area contributed by atoms with Gasteiger partial charge in [0, 0.05) is 0 Å². The topological polar surface area (TPSA) is 26.3 Å². The van der Waals surface area contributed by atoms with Gasteiger partial charge >= 0.3 is 5.97 Å². The van der Waals surface area contributed by atoms with E-state index in [0.29, 0.717) is 0 Å². The van der Waals surface area contributed by atoms with Crippen molar-refractivity contribution in [3.05, 3.63) is 0 Å². The Labute approximate surface area is 89.0 Å². The molecule has 0 aromatic rings. The van der Waals surface area contributed by atoms with Gasteiger partial charge in [-0.25, -0.2) is 8.78 Å². The van der Waals surface area contributed by atoms with Gasteiger partial charge in [0.05, 0.1) is 6.10 Å². The molecule has 0 N–H and O–H groups in total. The van der Waals surface area contributed by atoms with Crippen LogP contribution in [0.15, 0.2) is 0 Å². The van der Waals surface area contributed by atoms with Crippen molar-refractivity contribution in [1.29, 1.82) is 0 Å². The second-order valence-corrected chi connectivity index (χ2v) is 5.43. The van der Waals surface area contributed by atoms with E-state index in [1.54, 1.807) is 13.8 Å². The van der Waals surface area contributed by atoms with Crippen molar-refractivity contribution in [1.82, 2.24) is 0 Å². The van der Waals surface area contributed by atoms with Crippen molar-refractivity contribution >= 4 is 5.97 Å². The Morgan fingerprint density at radius 2 is 1.73 bits per heavy atom. The van der Waals surface area contributed by atoms with E-state index in [2.05, 4.69) is 0 Å². The third kappa shape index (κ3) is 2.29. The molecule has 1 aliphatic carbocycles. The summed E-state index contributed by atoms with van der Waals surface area (Å²) in [5.74, 6) is -0.744. The molecule has 0 aromatic carbocycles. The zero-order valence-electron chi connectivity index (χ0n) is 9.64. The Bertz CT molecular complexity index is 251. The van der Waals surface area contributed by atoms with Crippen LogP contribution in [0.4, 0.5) is 8.78 Å². The summed E-state index contributed by atoms with van der Waals surface area (Å²) < 4.78 is 30.7. The molecule has 4 heteroatoms. The van der Waals surface area contributed by atoms with Gasteiger partial charge in [-0.15, -0.1) is 0 Å². The fourth-order valence-electron chi connectivity index (χ4n) is 2.38. The molecule has 0 heterocycles. The van der Waals surface area contributed by atoms with E-state index in [4.69, 9.17) is 4.74 Å². The van der Waals surface area contributed by atoms with Crippen LogP contribution in [0.1, 0.15) is 40.5 Å². The second kappa shape index (κ2) is 3.72. The summed E-state index contributed by atoms with van der Waals surface area (Å²) in [6, 6.07) is 0. The van der Waals surface area contributed by atoms with Gasteiger partial charge in [0.15, 0.2) is 0 Å². The highest BCUT2D eigenvalue weighted by molar-refractivity contribution is 5.79. The highest BCUT2D eigenvalue weighted by Gasteiger charge is 2.61. The largest absolute Gasteiger partial charge is 0.462 e. The predicted octanol–water partition coefficient (Wildman–Crippen LogP) is 3.01. The molecule has 0 aliphatic heterocycles. The van der Waals surface area contributed by atoms with E-state index in [1.165, 1.54) is 0 Å². The minimum Gasteiger partial charge on any atom is -0.462 e. The van der Waals surface area contributed by atoms with Crippen molar-refractivity contribution in [2.75, 3.05) is 0 Å². The molecule has 15 heavy (non-hydrogen) atoms. The van der Waals surface area contributed by atoms with E-state index in [0.717, 1.165) is 0 Å². The highest BCUT2D eigenvalue weighted by atomic mass is 19.3. The lowest BCUT2D eigenvalue weighted by atomic mass is 9.54. The third-order valence-electron chi connectivity index (χ3n) is 2.75. The van der Waals surface area contributed by atoms with Crippen molar-refractivity contribution < 1.29 is 18.3 Å². The quantitative estimate of drug-likeness (QED) is 0.683. The van der Waals surface area contributed by atoms with Crippen molar-refractivity contribution in [3.63, 3.8) is 0 Å². The molecule has 1 fully saturated rings. The van der Waals surface area contributed by atoms with Crippen molar-refractivity contribution in [3.8, 4) is 0 Å². The third-order valence-corrected chi connectivity index (χ3v) is 2.75. The number of hydrogen-bond acceptors (Lipinski definition) is 2. The van der Waals surface area contributed by atoms with E-state index in [1.807, 2.05) is 13.8 Å². The fourth-order valence-corrected chi connectivity index (χ4v) is 2.38. The molecule has 0 radical (unpaired) electrons. The SMILES string of the molecule is CC(C)OC(=O)C1(C(F)F)CC(C)(C)C1. The average Bonchev–Trinajstić information content (AvgIpc) is 1.96. The molecular weight excluding hydrogens is 202 g/mol. The van der Waals surface area contributed by atoms with Crippen LogP contribution in [0.5, 0.6) is 0 Å². The Morgan fingerprint density at radius 1 is 1.27 bits per heavy atom. The van der Waals surface area contributed by atoms with Crippen molar-refractivity contribution in [2.45, 2.75) is 53.1 Å². The summed E-state index contributed by atoms with van der Waals surface area (Å²) >= 11 is 0. The Kier molecular flexibility index (Phi) is 3.08. The van der Waals surface area contributed by atoms with Crippen LogP contribution in [0.25, 0.3) is 0 Å². The number of carbonyl (C=O) groups is 1. The average molecular weight is 220 g/mol. The van der Waals surface area contributed by atoms with Gasteiger partial charge in [-0.2, -0.15) is 0 Å². The molecule has 0 saturated heterocycles. The Balaban J connectivity index is 2.73. The molecule has 1 rings (SSSR count). The number of rotatable bonds is 3. The van der Waals surface area contributed by atoms with Crippen LogP contribution in [-0.4, -0.2) is 18.5 Å². The number of halogens is 2. The van der Waals surface area contributed by atoms with Crippen molar-refractivity contribution in [2.24, 2.45) is 10.8 Å². The number of ether oxygens (including phenoxy) is 1. The maximum absolute atomic E-state index is 12.9. The maximum Gasteiger partial charge on any atom is 0.318 e. The van der Waals surface area contributed by atoms with Gasteiger partial charge in [-0.05, 0) is 32.1 Å². The van der Waals surface area contributed by atoms with E-state index in [9.17, 15) is 13.6 Å². The summed E-state index contributed by atoms with van der Waals surface area (Å²) in [5, 5.41) is 0.